The number of carbonyl (C=O) groups is 1. The Morgan fingerprint density at radius 1 is 1.17 bits per heavy atom. The van der Waals surface area contributed by atoms with Crippen molar-refractivity contribution in [2.75, 3.05) is 6.79 Å². The number of hydrogen-bond donors (Lipinski definition) is 1. The highest BCUT2D eigenvalue weighted by atomic mass is 32.1. The van der Waals surface area contributed by atoms with Crippen molar-refractivity contribution in [3.63, 3.8) is 0 Å². The maximum atomic E-state index is 12.9. The number of amides is 1. The molecule has 0 bridgehead atoms. The maximum absolute atomic E-state index is 12.9. The van der Waals surface area contributed by atoms with Crippen molar-refractivity contribution in [1.82, 2.24) is 14.5 Å². The molecule has 3 heterocycles. The van der Waals surface area contributed by atoms with Gasteiger partial charge in [0.05, 0.1) is 5.52 Å². The SMILES string of the molecule is CCCCn1c(=O)c2sccc2n(CC(=O)NCc2ccc3c(c2)OCO3)c1=O. The number of aromatic nitrogens is 2. The van der Waals surface area contributed by atoms with E-state index >= 15 is 0 Å². The molecule has 3 aromatic rings. The summed E-state index contributed by atoms with van der Waals surface area (Å²) in [6.45, 7) is 2.69. The second kappa shape index (κ2) is 8.12. The second-order valence-electron chi connectivity index (χ2n) is 6.78. The number of benzene rings is 1. The van der Waals surface area contributed by atoms with Crippen LogP contribution in [0.1, 0.15) is 25.3 Å². The Balaban J connectivity index is 1.54. The number of hydrogen-bond acceptors (Lipinski definition) is 6. The van der Waals surface area contributed by atoms with Crippen molar-refractivity contribution in [2.24, 2.45) is 0 Å². The predicted molar refractivity (Wildman–Crippen MR) is 110 cm³/mol. The van der Waals surface area contributed by atoms with E-state index in [4.69, 9.17) is 9.47 Å². The minimum absolute atomic E-state index is 0.150. The van der Waals surface area contributed by atoms with Crippen LogP contribution in [0.15, 0.2) is 39.2 Å². The summed E-state index contributed by atoms with van der Waals surface area (Å²) in [6, 6.07) is 7.17. The molecule has 1 amide bonds. The molecule has 0 unspecified atom stereocenters. The molecule has 8 nitrogen and oxygen atoms in total. The van der Waals surface area contributed by atoms with Gasteiger partial charge in [0, 0.05) is 13.1 Å². The molecule has 4 rings (SSSR count). The Bertz CT molecular complexity index is 1180. The monoisotopic (exact) mass is 415 g/mol. The van der Waals surface area contributed by atoms with Gasteiger partial charge in [-0.15, -0.1) is 11.3 Å². The van der Waals surface area contributed by atoms with Crippen LogP contribution in [-0.2, 0) is 24.4 Å². The summed E-state index contributed by atoms with van der Waals surface area (Å²) in [7, 11) is 0. The summed E-state index contributed by atoms with van der Waals surface area (Å²) >= 11 is 1.28. The quantitative estimate of drug-likeness (QED) is 0.638. The van der Waals surface area contributed by atoms with Crippen molar-refractivity contribution < 1.29 is 14.3 Å². The smallest absolute Gasteiger partial charge is 0.332 e. The van der Waals surface area contributed by atoms with Gasteiger partial charge >= 0.3 is 5.69 Å². The molecule has 0 saturated heterocycles. The lowest BCUT2D eigenvalue weighted by Crippen LogP contribution is -2.42. The third-order valence-electron chi connectivity index (χ3n) is 4.80. The van der Waals surface area contributed by atoms with Gasteiger partial charge in [0.1, 0.15) is 11.2 Å². The van der Waals surface area contributed by atoms with Crippen LogP contribution >= 0.6 is 11.3 Å². The lowest BCUT2D eigenvalue weighted by molar-refractivity contribution is -0.121. The normalized spacial score (nSPS) is 12.4. The molecule has 0 atom stereocenters. The molecule has 0 spiro atoms. The number of rotatable bonds is 7. The van der Waals surface area contributed by atoms with Crippen molar-refractivity contribution in [3.05, 3.63) is 56.0 Å². The number of nitrogens with one attached hydrogen (secondary N) is 1. The van der Waals surface area contributed by atoms with E-state index in [0.29, 0.717) is 34.8 Å². The molecule has 9 heteroatoms. The van der Waals surface area contributed by atoms with Crippen LogP contribution in [0.2, 0.25) is 0 Å². The molecule has 29 heavy (non-hydrogen) atoms. The molecular weight excluding hydrogens is 394 g/mol. The molecule has 2 aromatic heterocycles. The topological polar surface area (TPSA) is 91.6 Å². The van der Waals surface area contributed by atoms with E-state index < -0.39 is 5.69 Å². The highest BCUT2D eigenvalue weighted by molar-refractivity contribution is 7.17. The molecule has 1 N–H and O–H groups in total. The third kappa shape index (κ3) is 3.77. The fraction of sp³-hybridized carbons (Fsp3) is 0.350. The van der Waals surface area contributed by atoms with Crippen molar-refractivity contribution in [3.8, 4) is 11.5 Å². The molecule has 1 aliphatic rings. The Morgan fingerprint density at radius 3 is 2.83 bits per heavy atom. The van der Waals surface area contributed by atoms with Crippen molar-refractivity contribution in [1.29, 1.82) is 0 Å². The number of carbonyl (C=O) groups excluding carboxylic acids is 1. The summed E-state index contributed by atoms with van der Waals surface area (Å²) < 4.78 is 13.7. The minimum atomic E-state index is -0.451. The fourth-order valence-corrected chi connectivity index (χ4v) is 4.09. The van der Waals surface area contributed by atoms with E-state index in [0.717, 1.165) is 18.4 Å². The second-order valence-corrected chi connectivity index (χ2v) is 7.69. The predicted octanol–water partition coefficient (Wildman–Crippen LogP) is 2.07. The van der Waals surface area contributed by atoms with Gasteiger partial charge < -0.3 is 14.8 Å². The van der Waals surface area contributed by atoms with Gasteiger partial charge in [-0.2, -0.15) is 0 Å². The lowest BCUT2D eigenvalue weighted by Gasteiger charge is -2.12. The van der Waals surface area contributed by atoms with Crippen LogP contribution in [0.3, 0.4) is 0 Å². The third-order valence-corrected chi connectivity index (χ3v) is 5.69. The first-order valence-corrected chi connectivity index (χ1v) is 10.3. The van der Waals surface area contributed by atoms with Gasteiger partial charge in [-0.05, 0) is 35.6 Å². The Kier molecular flexibility index (Phi) is 5.39. The first-order valence-electron chi connectivity index (χ1n) is 9.44. The van der Waals surface area contributed by atoms with Crippen molar-refractivity contribution in [2.45, 2.75) is 39.4 Å². The average Bonchev–Trinajstić information content (AvgIpc) is 3.38. The van der Waals surface area contributed by atoms with Crippen LogP contribution in [-0.4, -0.2) is 21.8 Å². The minimum Gasteiger partial charge on any atom is -0.454 e. The number of fused-ring (bicyclic) bond motifs is 2. The van der Waals surface area contributed by atoms with Crippen LogP contribution in [0.4, 0.5) is 0 Å². The van der Waals surface area contributed by atoms with Gasteiger partial charge in [0.25, 0.3) is 5.56 Å². The van der Waals surface area contributed by atoms with E-state index in [2.05, 4.69) is 5.32 Å². The van der Waals surface area contributed by atoms with Gasteiger partial charge in [-0.3, -0.25) is 18.7 Å². The highest BCUT2D eigenvalue weighted by Gasteiger charge is 2.17. The van der Waals surface area contributed by atoms with E-state index in [1.807, 2.05) is 19.1 Å². The zero-order chi connectivity index (χ0) is 20.4. The summed E-state index contributed by atoms with van der Waals surface area (Å²) in [4.78, 5) is 38.0. The first-order chi connectivity index (χ1) is 14.1. The first kappa shape index (κ1) is 19.3. The molecular formula is C20H21N3O5S. The van der Waals surface area contributed by atoms with Crippen LogP contribution in [0, 0.1) is 0 Å². The maximum Gasteiger partial charge on any atom is 0.332 e. The van der Waals surface area contributed by atoms with E-state index in [1.54, 1.807) is 17.5 Å². The standard InChI is InChI=1S/C20H21N3O5S/c1-2-3-7-22-19(25)18-14(6-8-29-18)23(20(22)26)11-17(24)21-10-13-4-5-15-16(9-13)28-12-27-15/h4-6,8-9H,2-3,7,10-12H2,1H3,(H,21,24). The summed E-state index contributed by atoms with van der Waals surface area (Å²) in [5.74, 6) is 1.02. The summed E-state index contributed by atoms with van der Waals surface area (Å²) in [6.07, 6.45) is 1.59. The zero-order valence-corrected chi connectivity index (χ0v) is 16.8. The average molecular weight is 415 g/mol. The Labute approximate surface area is 170 Å². The molecule has 0 fully saturated rings. The lowest BCUT2D eigenvalue weighted by atomic mass is 10.2. The van der Waals surface area contributed by atoms with Gasteiger partial charge in [-0.25, -0.2) is 4.79 Å². The van der Waals surface area contributed by atoms with Gasteiger partial charge in [0.15, 0.2) is 11.5 Å². The number of thiophene rings is 1. The number of ether oxygens (including phenoxy) is 2. The van der Waals surface area contributed by atoms with E-state index in [1.165, 1.54) is 20.5 Å². The highest BCUT2D eigenvalue weighted by Crippen LogP contribution is 2.32. The van der Waals surface area contributed by atoms with Crippen LogP contribution < -0.4 is 26.0 Å². The molecule has 1 aliphatic heterocycles. The molecule has 152 valence electrons. The molecule has 0 saturated carbocycles. The van der Waals surface area contributed by atoms with Gasteiger partial charge in [-0.1, -0.05) is 19.4 Å². The molecule has 1 aromatic carbocycles. The number of nitrogens with zero attached hydrogens (tertiary/aromatic N) is 2. The molecule has 0 radical (unpaired) electrons. The van der Waals surface area contributed by atoms with E-state index in [9.17, 15) is 14.4 Å². The number of unbranched alkanes of at least 4 members (excludes halogenated alkanes) is 1. The molecule has 0 aliphatic carbocycles. The summed E-state index contributed by atoms with van der Waals surface area (Å²) in [5.41, 5.74) is 0.623. The largest absolute Gasteiger partial charge is 0.454 e. The van der Waals surface area contributed by atoms with Gasteiger partial charge in [0.2, 0.25) is 12.7 Å². The Morgan fingerprint density at radius 2 is 2.00 bits per heavy atom. The van der Waals surface area contributed by atoms with E-state index in [-0.39, 0.29) is 24.8 Å². The fourth-order valence-electron chi connectivity index (χ4n) is 3.25. The zero-order valence-electron chi connectivity index (χ0n) is 16.0. The van der Waals surface area contributed by atoms with Crippen molar-refractivity contribution >= 4 is 27.5 Å². The summed E-state index contributed by atoms with van der Waals surface area (Å²) in [5, 5.41) is 4.58. The Hall–Kier alpha value is -3.07. The van der Waals surface area contributed by atoms with Crippen LogP contribution in [0.5, 0.6) is 11.5 Å². The van der Waals surface area contributed by atoms with Crippen LogP contribution in [0.25, 0.3) is 10.2 Å².